The van der Waals surface area contributed by atoms with Crippen LogP contribution in [-0.2, 0) is 4.74 Å². The Kier molecular flexibility index (Phi) is 3.68. The van der Waals surface area contributed by atoms with Crippen LogP contribution in [0.2, 0.25) is 0 Å². The lowest BCUT2D eigenvalue weighted by molar-refractivity contribution is -0.126. The summed E-state index contributed by atoms with van der Waals surface area (Å²) in [6.45, 7) is 6.58. The Bertz CT molecular complexity index is 313. The Balaban J connectivity index is 1.74. The predicted octanol–water partition coefficient (Wildman–Crippen LogP) is 3.61. The first-order valence-electron chi connectivity index (χ1n) is 8.34. The van der Waals surface area contributed by atoms with Gasteiger partial charge in [-0.3, -0.25) is 0 Å². The van der Waals surface area contributed by atoms with Gasteiger partial charge < -0.3 is 10.1 Å². The Labute approximate surface area is 118 Å². The number of likely N-dealkylation sites (N-methyl/N-ethyl adjacent to an activating group) is 1. The molecule has 4 rings (SSSR count). The molecule has 4 fully saturated rings. The average Bonchev–Trinajstić information content (AvgIpc) is 2.31. The smallest absolute Gasteiger partial charge is 0.0624 e. The standard InChI is InChI=1S/C17H31NO/c1-4-5-19-11-15(18-3)17-9-13-6-14(10-17)8-16(2,7-13)12-17/h13-15,18H,4-12H2,1-3H3. The molecule has 0 saturated heterocycles. The van der Waals surface area contributed by atoms with Gasteiger partial charge in [0.05, 0.1) is 6.61 Å². The van der Waals surface area contributed by atoms with Crippen LogP contribution < -0.4 is 5.32 Å². The molecule has 0 amide bonds. The molecule has 110 valence electrons. The lowest BCUT2D eigenvalue weighted by atomic mass is 9.43. The monoisotopic (exact) mass is 265 g/mol. The van der Waals surface area contributed by atoms with E-state index < -0.39 is 0 Å². The zero-order chi connectivity index (χ0) is 13.5. The molecule has 1 N–H and O–H groups in total. The molecule has 19 heavy (non-hydrogen) atoms. The molecular formula is C17H31NO. The summed E-state index contributed by atoms with van der Waals surface area (Å²) in [6.07, 6.45) is 10.00. The molecule has 0 aromatic carbocycles. The van der Waals surface area contributed by atoms with Crippen LogP contribution in [0.5, 0.6) is 0 Å². The van der Waals surface area contributed by atoms with Crippen molar-refractivity contribution in [1.29, 1.82) is 0 Å². The van der Waals surface area contributed by atoms with Gasteiger partial charge in [-0.15, -0.1) is 0 Å². The maximum atomic E-state index is 5.90. The van der Waals surface area contributed by atoms with E-state index in [1.54, 1.807) is 0 Å². The third-order valence-corrected chi connectivity index (χ3v) is 6.12. The highest BCUT2D eigenvalue weighted by molar-refractivity contribution is 5.09. The van der Waals surface area contributed by atoms with E-state index in [9.17, 15) is 0 Å². The van der Waals surface area contributed by atoms with Gasteiger partial charge in [-0.1, -0.05) is 13.8 Å². The van der Waals surface area contributed by atoms with Gasteiger partial charge in [0.2, 0.25) is 0 Å². The number of hydrogen-bond acceptors (Lipinski definition) is 2. The van der Waals surface area contributed by atoms with Crippen LogP contribution in [0.4, 0.5) is 0 Å². The van der Waals surface area contributed by atoms with Crippen molar-refractivity contribution in [3.63, 3.8) is 0 Å². The topological polar surface area (TPSA) is 21.3 Å². The molecule has 2 nitrogen and oxygen atoms in total. The molecule has 0 aliphatic heterocycles. The quantitative estimate of drug-likeness (QED) is 0.741. The zero-order valence-electron chi connectivity index (χ0n) is 13.0. The third kappa shape index (κ3) is 2.47. The van der Waals surface area contributed by atoms with E-state index in [-0.39, 0.29) is 0 Å². The van der Waals surface area contributed by atoms with Crippen LogP contribution in [0.25, 0.3) is 0 Å². The van der Waals surface area contributed by atoms with Gasteiger partial charge in [0.1, 0.15) is 0 Å². The average molecular weight is 265 g/mol. The maximum Gasteiger partial charge on any atom is 0.0624 e. The van der Waals surface area contributed by atoms with Gasteiger partial charge in [-0.2, -0.15) is 0 Å². The van der Waals surface area contributed by atoms with Crippen molar-refractivity contribution >= 4 is 0 Å². The fourth-order valence-electron chi connectivity index (χ4n) is 6.12. The highest BCUT2D eigenvalue weighted by Gasteiger charge is 2.58. The van der Waals surface area contributed by atoms with Crippen molar-refractivity contribution in [1.82, 2.24) is 5.32 Å². The fourth-order valence-corrected chi connectivity index (χ4v) is 6.12. The normalized spacial score (nSPS) is 45.6. The van der Waals surface area contributed by atoms with Crippen molar-refractivity contribution in [3.05, 3.63) is 0 Å². The Morgan fingerprint density at radius 3 is 2.42 bits per heavy atom. The van der Waals surface area contributed by atoms with Crippen molar-refractivity contribution in [2.24, 2.45) is 22.7 Å². The molecule has 0 aromatic heterocycles. The van der Waals surface area contributed by atoms with Crippen LogP contribution >= 0.6 is 0 Å². The minimum Gasteiger partial charge on any atom is -0.380 e. The first kappa shape index (κ1) is 13.9. The summed E-state index contributed by atoms with van der Waals surface area (Å²) in [6, 6.07) is 0.573. The van der Waals surface area contributed by atoms with E-state index in [1.807, 2.05) is 0 Å². The van der Waals surface area contributed by atoms with Gasteiger partial charge in [-0.25, -0.2) is 0 Å². The van der Waals surface area contributed by atoms with Crippen LogP contribution in [0.3, 0.4) is 0 Å². The van der Waals surface area contributed by atoms with E-state index in [0.29, 0.717) is 16.9 Å². The van der Waals surface area contributed by atoms with Crippen LogP contribution in [0.15, 0.2) is 0 Å². The van der Waals surface area contributed by atoms with E-state index in [2.05, 4.69) is 26.2 Å². The second-order valence-electron chi connectivity index (χ2n) is 8.05. The van der Waals surface area contributed by atoms with Gasteiger partial charge in [-0.05, 0) is 74.7 Å². The minimum atomic E-state index is 0.543. The lowest BCUT2D eigenvalue weighted by Crippen LogP contribution is -2.59. The summed E-state index contributed by atoms with van der Waals surface area (Å²) >= 11 is 0. The minimum absolute atomic E-state index is 0.543. The Hall–Kier alpha value is -0.0800. The number of nitrogens with one attached hydrogen (secondary N) is 1. The van der Waals surface area contributed by atoms with E-state index in [1.165, 1.54) is 38.5 Å². The second-order valence-corrected chi connectivity index (χ2v) is 8.05. The Morgan fingerprint density at radius 2 is 1.89 bits per heavy atom. The summed E-state index contributed by atoms with van der Waals surface area (Å²) in [5.41, 5.74) is 1.19. The van der Waals surface area contributed by atoms with Crippen molar-refractivity contribution in [2.45, 2.75) is 64.8 Å². The molecule has 0 radical (unpaired) electrons. The van der Waals surface area contributed by atoms with Crippen LogP contribution in [0, 0.1) is 22.7 Å². The van der Waals surface area contributed by atoms with E-state index >= 15 is 0 Å². The highest BCUT2D eigenvalue weighted by Crippen LogP contribution is 2.66. The summed E-state index contributed by atoms with van der Waals surface area (Å²) in [5, 5.41) is 3.61. The van der Waals surface area contributed by atoms with Gasteiger partial charge in [0, 0.05) is 12.6 Å². The molecule has 0 spiro atoms. The summed E-state index contributed by atoms with van der Waals surface area (Å²) < 4.78 is 5.90. The molecule has 4 saturated carbocycles. The number of rotatable bonds is 6. The summed E-state index contributed by atoms with van der Waals surface area (Å²) in [5.74, 6) is 2.02. The molecule has 2 heteroatoms. The molecular weight excluding hydrogens is 234 g/mol. The molecule has 0 heterocycles. The molecule has 3 unspecified atom stereocenters. The number of ether oxygens (including phenoxy) is 1. The lowest BCUT2D eigenvalue weighted by Gasteiger charge is -2.63. The maximum absolute atomic E-state index is 5.90. The SMILES string of the molecule is CCCOCC(NC)C12CC3CC(CC(C)(C3)C1)C2. The summed E-state index contributed by atoms with van der Waals surface area (Å²) in [7, 11) is 2.14. The predicted molar refractivity (Wildman–Crippen MR) is 79.2 cm³/mol. The van der Waals surface area contributed by atoms with Gasteiger partial charge in [0.25, 0.3) is 0 Å². The number of hydrogen-bond donors (Lipinski definition) is 1. The molecule has 3 atom stereocenters. The van der Waals surface area contributed by atoms with E-state index in [4.69, 9.17) is 4.74 Å². The molecule has 4 bridgehead atoms. The van der Waals surface area contributed by atoms with Crippen LogP contribution in [-0.4, -0.2) is 26.3 Å². The third-order valence-electron chi connectivity index (χ3n) is 6.12. The highest BCUT2D eigenvalue weighted by atomic mass is 16.5. The van der Waals surface area contributed by atoms with Gasteiger partial charge >= 0.3 is 0 Å². The first-order valence-corrected chi connectivity index (χ1v) is 8.34. The van der Waals surface area contributed by atoms with Crippen molar-refractivity contribution < 1.29 is 4.74 Å². The Morgan fingerprint density at radius 1 is 1.21 bits per heavy atom. The van der Waals surface area contributed by atoms with Crippen molar-refractivity contribution in [3.8, 4) is 0 Å². The molecule has 0 aromatic rings. The van der Waals surface area contributed by atoms with Gasteiger partial charge in [0.15, 0.2) is 0 Å². The van der Waals surface area contributed by atoms with E-state index in [0.717, 1.165) is 31.5 Å². The molecule has 4 aliphatic carbocycles. The largest absolute Gasteiger partial charge is 0.380 e. The second kappa shape index (κ2) is 5.04. The zero-order valence-corrected chi connectivity index (χ0v) is 13.0. The summed E-state index contributed by atoms with van der Waals surface area (Å²) in [4.78, 5) is 0. The molecule has 4 aliphatic rings. The fraction of sp³-hybridized carbons (Fsp3) is 1.00. The van der Waals surface area contributed by atoms with Crippen molar-refractivity contribution in [2.75, 3.05) is 20.3 Å². The van der Waals surface area contributed by atoms with Crippen LogP contribution in [0.1, 0.15) is 58.8 Å². The first-order chi connectivity index (χ1) is 9.09.